The summed E-state index contributed by atoms with van der Waals surface area (Å²) in [5.74, 6) is 0.712. The first-order chi connectivity index (χ1) is 9.76. The minimum atomic E-state index is -1.13. The fraction of sp³-hybridized carbons (Fsp3) is 0.375. The molecule has 3 rings (SSSR count). The van der Waals surface area contributed by atoms with E-state index < -0.39 is 11.0 Å². The molecule has 0 amide bonds. The molecule has 0 spiro atoms. The van der Waals surface area contributed by atoms with E-state index in [2.05, 4.69) is 6.92 Å². The average molecular weight is 289 g/mol. The third kappa shape index (κ3) is 2.34. The Bertz CT molecular complexity index is 656. The minimum absolute atomic E-state index is 0.463. The molecule has 2 aromatic carbocycles. The number of benzene rings is 2. The van der Waals surface area contributed by atoms with Crippen LogP contribution in [0.1, 0.15) is 19.8 Å². The van der Waals surface area contributed by atoms with Gasteiger partial charge < -0.3 is 4.74 Å². The van der Waals surface area contributed by atoms with E-state index in [0.717, 1.165) is 35.1 Å². The van der Waals surface area contributed by atoms with Gasteiger partial charge in [0.25, 0.3) is 0 Å². The summed E-state index contributed by atoms with van der Waals surface area (Å²) in [5.41, 5.74) is 0. The first kappa shape index (κ1) is 13.6. The molecule has 2 unspecified atom stereocenters. The van der Waals surface area contributed by atoms with Crippen molar-refractivity contribution >= 4 is 21.8 Å². The van der Waals surface area contributed by atoms with E-state index in [0.29, 0.717) is 11.8 Å². The van der Waals surface area contributed by atoms with Gasteiger partial charge >= 0.3 is 0 Å². The minimum Gasteiger partial charge on any atom is -0.495 e. The second kappa shape index (κ2) is 5.54. The van der Waals surface area contributed by atoms with Crippen molar-refractivity contribution in [3.63, 3.8) is 0 Å². The van der Waals surface area contributed by atoms with E-state index in [1.807, 2.05) is 40.7 Å². The van der Waals surface area contributed by atoms with Gasteiger partial charge in [0, 0.05) is 18.0 Å². The van der Waals surface area contributed by atoms with Gasteiger partial charge in [-0.1, -0.05) is 43.7 Å². The first-order valence-corrected chi connectivity index (χ1v) is 8.11. The molecule has 0 aromatic heterocycles. The zero-order valence-corrected chi connectivity index (χ0v) is 12.7. The number of nitrogens with zero attached hydrogens (tertiary/aromatic N) is 1. The van der Waals surface area contributed by atoms with Crippen LogP contribution in [0.4, 0.5) is 0 Å². The molecule has 0 radical (unpaired) electrons. The number of ether oxygens (including phenoxy) is 1. The van der Waals surface area contributed by atoms with Gasteiger partial charge in [-0.05, 0) is 17.9 Å². The highest BCUT2D eigenvalue weighted by Gasteiger charge is 2.39. The normalized spacial score (nSPS) is 22.7. The Labute approximate surface area is 122 Å². The van der Waals surface area contributed by atoms with Crippen LogP contribution in [0.25, 0.3) is 10.8 Å². The maximum Gasteiger partial charge on any atom is 0.137 e. The summed E-state index contributed by atoms with van der Waals surface area (Å²) in [6.45, 7) is 3.09. The number of fused-ring (bicyclic) bond motifs is 1. The van der Waals surface area contributed by atoms with Crippen LogP contribution in [0.15, 0.2) is 41.3 Å². The Morgan fingerprint density at radius 1 is 1.30 bits per heavy atom. The van der Waals surface area contributed by atoms with Crippen LogP contribution >= 0.6 is 0 Å². The van der Waals surface area contributed by atoms with Crippen LogP contribution in [0.2, 0.25) is 0 Å². The molecule has 20 heavy (non-hydrogen) atoms. The SMILES string of the molecule is CCCC1CN1[S@@](=O)c1c(OC)ccc2ccccc12. The molecule has 3 atom stereocenters. The molecule has 1 aliphatic rings. The van der Waals surface area contributed by atoms with Crippen molar-refractivity contribution < 1.29 is 8.95 Å². The van der Waals surface area contributed by atoms with E-state index in [-0.39, 0.29) is 0 Å². The van der Waals surface area contributed by atoms with Crippen molar-refractivity contribution in [2.75, 3.05) is 13.7 Å². The molecule has 0 N–H and O–H groups in total. The monoisotopic (exact) mass is 289 g/mol. The molecule has 0 aliphatic carbocycles. The highest BCUT2D eigenvalue weighted by Crippen LogP contribution is 2.36. The fourth-order valence-electron chi connectivity index (χ4n) is 2.61. The van der Waals surface area contributed by atoms with Gasteiger partial charge in [-0.3, -0.25) is 0 Å². The topological polar surface area (TPSA) is 29.3 Å². The van der Waals surface area contributed by atoms with Crippen LogP contribution in [-0.4, -0.2) is 28.2 Å². The lowest BCUT2D eigenvalue weighted by atomic mass is 10.1. The number of rotatable bonds is 5. The number of methoxy groups -OCH3 is 1. The Kier molecular flexibility index (Phi) is 3.76. The molecule has 0 bridgehead atoms. The van der Waals surface area contributed by atoms with Crippen LogP contribution in [0.5, 0.6) is 5.75 Å². The summed E-state index contributed by atoms with van der Waals surface area (Å²) >= 11 is 0. The Hall–Kier alpha value is -1.39. The van der Waals surface area contributed by atoms with E-state index in [1.165, 1.54) is 0 Å². The van der Waals surface area contributed by atoms with E-state index >= 15 is 0 Å². The van der Waals surface area contributed by atoms with Crippen LogP contribution in [-0.2, 0) is 11.0 Å². The third-order valence-corrected chi connectivity index (χ3v) is 5.38. The van der Waals surface area contributed by atoms with Gasteiger partial charge in [0.15, 0.2) is 0 Å². The van der Waals surface area contributed by atoms with Crippen molar-refractivity contribution in [2.45, 2.75) is 30.7 Å². The van der Waals surface area contributed by atoms with Crippen molar-refractivity contribution in [1.29, 1.82) is 0 Å². The zero-order chi connectivity index (χ0) is 14.1. The largest absolute Gasteiger partial charge is 0.495 e. The summed E-state index contributed by atoms with van der Waals surface area (Å²) in [7, 11) is 0.502. The maximum atomic E-state index is 12.8. The Morgan fingerprint density at radius 3 is 2.85 bits per heavy atom. The van der Waals surface area contributed by atoms with E-state index in [9.17, 15) is 4.21 Å². The predicted molar refractivity (Wildman–Crippen MR) is 82.3 cm³/mol. The van der Waals surface area contributed by atoms with Gasteiger partial charge in [0.2, 0.25) is 0 Å². The molecule has 2 aromatic rings. The summed E-state index contributed by atoms with van der Waals surface area (Å²) in [4.78, 5) is 0.809. The highest BCUT2D eigenvalue weighted by molar-refractivity contribution is 7.83. The average Bonchev–Trinajstić information content (AvgIpc) is 3.25. The molecule has 106 valence electrons. The zero-order valence-electron chi connectivity index (χ0n) is 11.8. The van der Waals surface area contributed by atoms with Gasteiger partial charge in [-0.25, -0.2) is 8.51 Å². The molecule has 0 saturated carbocycles. The Morgan fingerprint density at radius 2 is 2.10 bits per heavy atom. The molecule has 1 saturated heterocycles. The third-order valence-electron chi connectivity index (χ3n) is 3.74. The molecule has 3 nitrogen and oxygen atoms in total. The van der Waals surface area contributed by atoms with Crippen molar-refractivity contribution in [3.05, 3.63) is 36.4 Å². The summed E-state index contributed by atoms with van der Waals surface area (Å²) in [6.07, 6.45) is 2.24. The Balaban J connectivity index is 2.03. The molecule has 4 heteroatoms. The lowest BCUT2D eigenvalue weighted by molar-refractivity contribution is 0.404. The molecule has 1 heterocycles. The molecule has 1 aliphatic heterocycles. The van der Waals surface area contributed by atoms with Gasteiger partial charge in [-0.2, -0.15) is 0 Å². The van der Waals surface area contributed by atoms with Gasteiger partial charge in [0.1, 0.15) is 21.6 Å². The molecule has 1 fully saturated rings. The van der Waals surface area contributed by atoms with Crippen molar-refractivity contribution in [1.82, 2.24) is 4.31 Å². The summed E-state index contributed by atoms with van der Waals surface area (Å²) in [6, 6.07) is 12.4. The number of hydrogen-bond acceptors (Lipinski definition) is 2. The lowest BCUT2D eigenvalue weighted by Gasteiger charge is -2.12. The maximum absolute atomic E-state index is 12.8. The second-order valence-corrected chi connectivity index (χ2v) is 6.48. The van der Waals surface area contributed by atoms with E-state index in [1.54, 1.807) is 7.11 Å². The van der Waals surface area contributed by atoms with Gasteiger partial charge in [0.05, 0.1) is 7.11 Å². The van der Waals surface area contributed by atoms with Crippen molar-refractivity contribution in [2.24, 2.45) is 0 Å². The van der Waals surface area contributed by atoms with Crippen LogP contribution < -0.4 is 4.74 Å². The van der Waals surface area contributed by atoms with Crippen LogP contribution in [0, 0.1) is 0 Å². The highest BCUT2D eigenvalue weighted by atomic mass is 32.2. The van der Waals surface area contributed by atoms with Gasteiger partial charge in [-0.15, -0.1) is 0 Å². The summed E-state index contributed by atoms with van der Waals surface area (Å²) < 4.78 is 20.3. The second-order valence-electron chi connectivity index (χ2n) is 5.11. The fourth-order valence-corrected chi connectivity index (χ4v) is 4.23. The molecular formula is C16H19NO2S. The predicted octanol–water partition coefficient (Wildman–Crippen LogP) is 3.36. The smallest absolute Gasteiger partial charge is 0.137 e. The van der Waals surface area contributed by atoms with E-state index in [4.69, 9.17) is 4.74 Å². The quantitative estimate of drug-likeness (QED) is 0.790. The summed E-state index contributed by atoms with van der Waals surface area (Å²) in [5, 5.41) is 2.12. The standard InChI is InChI=1S/C16H19NO2S/c1-3-6-13-11-17(13)20(18)16-14-8-5-4-7-12(14)9-10-15(16)19-2/h4-5,7-10,13H,3,6,11H2,1-2H3/t13?,17?,20-/m0/s1. The van der Waals surface area contributed by atoms with Crippen molar-refractivity contribution in [3.8, 4) is 5.75 Å². The lowest BCUT2D eigenvalue weighted by Crippen LogP contribution is -2.09. The number of hydrogen-bond donors (Lipinski definition) is 0. The first-order valence-electron chi connectivity index (χ1n) is 7.00. The van der Waals surface area contributed by atoms with Crippen LogP contribution in [0.3, 0.4) is 0 Å². The molecular weight excluding hydrogens is 270 g/mol.